The van der Waals surface area contributed by atoms with Crippen molar-refractivity contribution in [1.82, 2.24) is 5.32 Å². The minimum absolute atomic E-state index is 0.107. The number of aryl methyl sites for hydroxylation is 1. The van der Waals surface area contributed by atoms with Gasteiger partial charge in [0.15, 0.2) is 17.0 Å². The van der Waals surface area contributed by atoms with Gasteiger partial charge in [0, 0.05) is 10.7 Å². The Bertz CT molecular complexity index is 1200. The van der Waals surface area contributed by atoms with Gasteiger partial charge >= 0.3 is 0 Å². The molecule has 1 heterocycles. The number of ether oxygens (including phenoxy) is 2. The molecule has 0 unspecified atom stereocenters. The van der Waals surface area contributed by atoms with Crippen LogP contribution in [0.15, 0.2) is 65.6 Å². The Hall–Kier alpha value is -2.36. The second-order valence-electron chi connectivity index (χ2n) is 7.62. The van der Waals surface area contributed by atoms with Gasteiger partial charge in [-0.25, -0.2) is 0 Å². The lowest BCUT2D eigenvalue weighted by Crippen LogP contribution is -2.30. The van der Waals surface area contributed by atoms with Crippen LogP contribution in [0.4, 0.5) is 5.69 Å². The van der Waals surface area contributed by atoms with Crippen molar-refractivity contribution in [1.29, 1.82) is 0 Å². The first-order chi connectivity index (χ1) is 16.4. The van der Waals surface area contributed by atoms with Crippen LogP contribution >= 0.6 is 46.0 Å². The average Bonchev–Trinajstić information content (AvgIpc) is 3.17. The molecule has 0 spiro atoms. The predicted octanol–water partition coefficient (Wildman–Crippen LogP) is 6.69. The zero-order valence-electron chi connectivity index (χ0n) is 18.7. The standard InChI is InChI=1S/C26H24ClIN2O3S/c1-3-16-6-10-20(11-7-16)29-26-30-25(31)23(34-26)14-18-12-21(28)24(22(13-18)32-2)33-15-17-4-8-19(27)9-5-17/h4-14,26,29H,3,15H2,1-2H3,(H,30,31)/b23-14+/t26-/m0/s1. The van der Waals surface area contributed by atoms with Crippen molar-refractivity contribution in [2.24, 2.45) is 0 Å². The van der Waals surface area contributed by atoms with Gasteiger partial charge in [0.2, 0.25) is 0 Å². The van der Waals surface area contributed by atoms with Crippen LogP contribution in [0, 0.1) is 3.57 Å². The highest BCUT2D eigenvalue weighted by Crippen LogP contribution is 2.37. The van der Waals surface area contributed by atoms with E-state index in [9.17, 15) is 4.79 Å². The molecule has 0 aromatic heterocycles. The van der Waals surface area contributed by atoms with Gasteiger partial charge in [-0.05, 0) is 88.2 Å². The van der Waals surface area contributed by atoms with Crippen LogP contribution in [0.25, 0.3) is 6.08 Å². The fourth-order valence-electron chi connectivity index (χ4n) is 3.40. The molecule has 34 heavy (non-hydrogen) atoms. The highest BCUT2D eigenvalue weighted by Gasteiger charge is 2.27. The number of rotatable bonds is 8. The summed E-state index contributed by atoms with van der Waals surface area (Å²) in [6.45, 7) is 2.52. The summed E-state index contributed by atoms with van der Waals surface area (Å²) in [5.41, 5.74) is 3.89. The number of amides is 1. The Labute approximate surface area is 222 Å². The number of hydrogen-bond acceptors (Lipinski definition) is 5. The molecule has 5 nitrogen and oxygen atoms in total. The monoisotopic (exact) mass is 606 g/mol. The van der Waals surface area contributed by atoms with Gasteiger partial charge in [0.25, 0.3) is 5.91 Å². The molecule has 1 amide bonds. The van der Waals surface area contributed by atoms with Crippen LogP contribution in [0.5, 0.6) is 11.5 Å². The van der Waals surface area contributed by atoms with E-state index in [0.29, 0.717) is 28.0 Å². The molecule has 0 saturated carbocycles. The van der Waals surface area contributed by atoms with Crippen LogP contribution < -0.4 is 20.1 Å². The molecule has 0 bridgehead atoms. The summed E-state index contributed by atoms with van der Waals surface area (Å²) in [6, 6.07) is 19.6. The largest absolute Gasteiger partial charge is 0.493 e. The number of methoxy groups -OCH3 is 1. The Kier molecular flexibility index (Phi) is 8.28. The SMILES string of the molecule is CCc1ccc(N[C@H]2NC(=O)/C(=C\c3cc(I)c(OCc4ccc(Cl)cc4)c(OC)c3)S2)cc1. The second-order valence-corrected chi connectivity index (χ2v) is 10.4. The van der Waals surface area contributed by atoms with E-state index in [0.717, 1.165) is 26.8 Å². The summed E-state index contributed by atoms with van der Waals surface area (Å²) in [7, 11) is 1.61. The van der Waals surface area contributed by atoms with Crippen LogP contribution in [0.1, 0.15) is 23.6 Å². The third kappa shape index (κ3) is 6.20. The fraction of sp³-hybridized carbons (Fsp3) is 0.192. The molecular weight excluding hydrogens is 583 g/mol. The van der Waals surface area contributed by atoms with Crippen LogP contribution in [0.2, 0.25) is 5.02 Å². The molecule has 3 aromatic rings. The van der Waals surface area contributed by atoms with Gasteiger partial charge in [-0.1, -0.05) is 54.6 Å². The second kappa shape index (κ2) is 11.4. The molecule has 176 valence electrons. The zero-order chi connectivity index (χ0) is 24.1. The van der Waals surface area contributed by atoms with Crippen molar-refractivity contribution in [2.75, 3.05) is 12.4 Å². The fourth-order valence-corrected chi connectivity index (χ4v) is 5.30. The molecule has 1 aliphatic heterocycles. The number of hydrogen-bond donors (Lipinski definition) is 2. The van der Waals surface area contributed by atoms with Gasteiger partial charge in [0.1, 0.15) is 6.61 Å². The van der Waals surface area contributed by atoms with E-state index in [2.05, 4.69) is 52.3 Å². The van der Waals surface area contributed by atoms with Gasteiger partial charge in [-0.15, -0.1) is 0 Å². The molecular formula is C26H24ClIN2O3S. The van der Waals surface area contributed by atoms with E-state index in [1.165, 1.54) is 17.3 Å². The Balaban J connectivity index is 1.46. The number of benzene rings is 3. The Morgan fingerprint density at radius 1 is 1.12 bits per heavy atom. The van der Waals surface area contributed by atoms with Gasteiger partial charge in [-0.2, -0.15) is 0 Å². The zero-order valence-corrected chi connectivity index (χ0v) is 22.5. The van der Waals surface area contributed by atoms with Crippen molar-refractivity contribution in [2.45, 2.75) is 25.4 Å². The summed E-state index contributed by atoms with van der Waals surface area (Å²) in [5, 5.41) is 7.02. The third-order valence-corrected chi connectivity index (χ3v) is 7.32. The van der Waals surface area contributed by atoms with E-state index in [1.807, 2.05) is 54.6 Å². The van der Waals surface area contributed by atoms with Crippen molar-refractivity contribution < 1.29 is 14.3 Å². The number of anilines is 1. The average molecular weight is 607 g/mol. The molecule has 1 fully saturated rings. The van der Waals surface area contributed by atoms with E-state index in [4.69, 9.17) is 21.1 Å². The van der Waals surface area contributed by atoms with E-state index >= 15 is 0 Å². The van der Waals surface area contributed by atoms with E-state index < -0.39 is 0 Å². The van der Waals surface area contributed by atoms with Crippen molar-refractivity contribution in [3.63, 3.8) is 0 Å². The van der Waals surface area contributed by atoms with Crippen LogP contribution in [-0.2, 0) is 17.8 Å². The highest BCUT2D eigenvalue weighted by molar-refractivity contribution is 14.1. The molecule has 1 aliphatic rings. The molecule has 4 rings (SSSR count). The summed E-state index contributed by atoms with van der Waals surface area (Å²) in [5.74, 6) is 1.17. The van der Waals surface area contributed by atoms with Crippen molar-refractivity contribution >= 4 is 63.6 Å². The normalized spacial score (nSPS) is 16.4. The summed E-state index contributed by atoms with van der Waals surface area (Å²) in [4.78, 5) is 13.2. The minimum atomic E-state index is -0.228. The maximum absolute atomic E-state index is 12.6. The van der Waals surface area contributed by atoms with Crippen LogP contribution in [0.3, 0.4) is 0 Å². The molecule has 2 N–H and O–H groups in total. The van der Waals surface area contributed by atoms with E-state index in [1.54, 1.807) is 7.11 Å². The topological polar surface area (TPSA) is 59.6 Å². The molecule has 0 radical (unpaired) electrons. The first kappa shape index (κ1) is 24.8. The van der Waals surface area contributed by atoms with Crippen molar-refractivity contribution in [3.05, 3.63) is 90.9 Å². The maximum Gasteiger partial charge on any atom is 0.260 e. The number of halogens is 2. The summed E-state index contributed by atoms with van der Waals surface area (Å²) < 4.78 is 12.5. The quantitative estimate of drug-likeness (QED) is 0.221. The van der Waals surface area contributed by atoms with Crippen molar-refractivity contribution in [3.8, 4) is 11.5 Å². The maximum atomic E-state index is 12.6. The first-order valence-corrected chi connectivity index (χ1v) is 13.1. The van der Waals surface area contributed by atoms with Gasteiger partial charge < -0.3 is 20.1 Å². The van der Waals surface area contributed by atoms with Gasteiger partial charge in [0.05, 0.1) is 15.6 Å². The lowest BCUT2D eigenvalue weighted by Gasteiger charge is -2.14. The van der Waals surface area contributed by atoms with Crippen LogP contribution in [-0.4, -0.2) is 18.5 Å². The highest BCUT2D eigenvalue weighted by atomic mass is 127. The molecule has 0 aliphatic carbocycles. The van der Waals surface area contributed by atoms with Gasteiger partial charge in [-0.3, -0.25) is 4.79 Å². The first-order valence-electron chi connectivity index (χ1n) is 10.7. The molecule has 8 heteroatoms. The minimum Gasteiger partial charge on any atom is -0.493 e. The molecule has 3 aromatic carbocycles. The lowest BCUT2D eigenvalue weighted by molar-refractivity contribution is -0.116. The molecule has 1 saturated heterocycles. The number of carbonyl (C=O) groups excluding carboxylic acids is 1. The third-order valence-electron chi connectivity index (χ3n) is 5.24. The molecule has 1 atom stereocenters. The summed E-state index contributed by atoms with van der Waals surface area (Å²) >= 11 is 9.64. The smallest absolute Gasteiger partial charge is 0.260 e. The predicted molar refractivity (Wildman–Crippen MR) is 148 cm³/mol. The number of carbonyl (C=O) groups is 1. The lowest BCUT2D eigenvalue weighted by atomic mass is 10.1. The van der Waals surface area contributed by atoms with E-state index in [-0.39, 0.29) is 11.4 Å². The Morgan fingerprint density at radius 3 is 2.50 bits per heavy atom. The summed E-state index contributed by atoms with van der Waals surface area (Å²) in [6.07, 6.45) is 2.87. The Morgan fingerprint density at radius 2 is 1.82 bits per heavy atom. The number of thioether (sulfide) groups is 1. The number of nitrogens with one attached hydrogen (secondary N) is 2.